The third-order valence-electron chi connectivity index (χ3n) is 3.38. The Bertz CT molecular complexity index is 949. The molecule has 0 fully saturated rings. The minimum absolute atomic E-state index is 0.462. The molecule has 7 nitrogen and oxygen atoms in total. The fourth-order valence-electron chi connectivity index (χ4n) is 2.19. The molecular weight excluding hydrogens is 362 g/mol. The molecule has 0 spiro atoms. The van der Waals surface area contributed by atoms with Crippen LogP contribution in [-0.2, 0) is 12.3 Å². The van der Waals surface area contributed by atoms with Gasteiger partial charge in [-0.2, -0.15) is 4.98 Å². The van der Waals surface area contributed by atoms with E-state index >= 15 is 0 Å². The highest BCUT2D eigenvalue weighted by Crippen LogP contribution is 2.23. The smallest absolute Gasteiger partial charge is 0.257 e. The Balaban J connectivity index is 1.42. The lowest BCUT2D eigenvalue weighted by molar-refractivity contribution is 0.425. The lowest BCUT2D eigenvalue weighted by atomic mass is 10.2. The first-order valence-corrected chi connectivity index (χ1v) is 8.76. The molecule has 3 heterocycles. The van der Waals surface area contributed by atoms with Crippen LogP contribution < -0.4 is 0 Å². The first kappa shape index (κ1) is 15.9. The molecule has 0 aliphatic heterocycles. The zero-order chi connectivity index (χ0) is 17.1. The van der Waals surface area contributed by atoms with Crippen LogP contribution in [0.3, 0.4) is 0 Å². The summed E-state index contributed by atoms with van der Waals surface area (Å²) in [6, 6.07) is 11.0. The summed E-state index contributed by atoms with van der Waals surface area (Å²) in [7, 11) is 0. The number of aromatic nitrogens is 5. The molecule has 126 valence electrons. The van der Waals surface area contributed by atoms with E-state index in [1.807, 2.05) is 28.8 Å². The third kappa shape index (κ3) is 3.75. The van der Waals surface area contributed by atoms with E-state index in [2.05, 4.69) is 20.3 Å². The Morgan fingerprint density at radius 3 is 2.84 bits per heavy atom. The fourth-order valence-corrected chi connectivity index (χ4v) is 3.07. The van der Waals surface area contributed by atoms with E-state index in [1.165, 1.54) is 11.8 Å². The summed E-state index contributed by atoms with van der Waals surface area (Å²) in [6.45, 7) is 0.574. The van der Waals surface area contributed by atoms with Gasteiger partial charge in [0.1, 0.15) is 12.1 Å². The first-order valence-electron chi connectivity index (χ1n) is 7.39. The van der Waals surface area contributed by atoms with Crippen LogP contribution in [0.4, 0.5) is 0 Å². The molecule has 0 atom stereocenters. The molecule has 1 aromatic carbocycles. The Morgan fingerprint density at radius 2 is 2.04 bits per heavy atom. The third-order valence-corrected chi connectivity index (χ3v) is 4.60. The molecule has 0 bridgehead atoms. The minimum Gasteiger partial charge on any atom is -0.467 e. The van der Waals surface area contributed by atoms with E-state index in [1.54, 1.807) is 24.7 Å². The number of hydrogen-bond acceptors (Lipinski definition) is 7. The Morgan fingerprint density at radius 1 is 1.16 bits per heavy atom. The molecule has 25 heavy (non-hydrogen) atoms. The number of thioether (sulfide) groups is 1. The van der Waals surface area contributed by atoms with Crippen LogP contribution in [0.25, 0.3) is 11.5 Å². The maximum atomic E-state index is 5.88. The monoisotopic (exact) mass is 373 g/mol. The van der Waals surface area contributed by atoms with Crippen molar-refractivity contribution in [2.24, 2.45) is 0 Å². The lowest BCUT2D eigenvalue weighted by Crippen LogP contribution is -1.99. The molecule has 3 aromatic heterocycles. The second-order valence-electron chi connectivity index (χ2n) is 5.13. The molecule has 9 heteroatoms. The molecule has 0 saturated heterocycles. The van der Waals surface area contributed by atoms with Gasteiger partial charge < -0.3 is 13.5 Å². The van der Waals surface area contributed by atoms with E-state index in [4.69, 9.17) is 20.5 Å². The molecule has 0 unspecified atom stereocenters. The van der Waals surface area contributed by atoms with Gasteiger partial charge in [-0.1, -0.05) is 28.5 Å². The molecule has 0 aliphatic rings. The Hall–Kier alpha value is -2.58. The molecule has 0 saturated carbocycles. The molecule has 4 rings (SSSR count). The van der Waals surface area contributed by atoms with Gasteiger partial charge in [0, 0.05) is 10.6 Å². The summed E-state index contributed by atoms with van der Waals surface area (Å²) < 4.78 is 12.6. The van der Waals surface area contributed by atoms with Gasteiger partial charge in [0.05, 0.1) is 18.6 Å². The van der Waals surface area contributed by atoms with Gasteiger partial charge in [0.2, 0.25) is 0 Å². The lowest BCUT2D eigenvalue weighted by Gasteiger charge is -2.02. The second kappa shape index (κ2) is 7.12. The second-order valence-corrected chi connectivity index (χ2v) is 6.51. The van der Waals surface area contributed by atoms with E-state index < -0.39 is 0 Å². The highest BCUT2D eigenvalue weighted by atomic mass is 35.5. The highest BCUT2D eigenvalue weighted by molar-refractivity contribution is 7.98. The summed E-state index contributed by atoms with van der Waals surface area (Å²) in [6.07, 6.45) is 3.31. The highest BCUT2D eigenvalue weighted by Gasteiger charge is 2.12. The Labute approximate surface area is 152 Å². The van der Waals surface area contributed by atoms with Crippen molar-refractivity contribution in [1.82, 2.24) is 24.9 Å². The summed E-state index contributed by atoms with van der Waals surface area (Å²) in [5.74, 6) is 2.41. The molecule has 0 amide bonds. The van der Waals surface area contributed by atoms with Gasteiger partial charge in [-0.15, -0.1) is 10.2 Å². The van der Waals surface area contributed by atoms with Crippen LogP contribution in [0, 0.1) is 0 Å². The van der Waals surface area contributed by atoms with Crippen molar-refractivity contribution in [2.45, 2.75) is 17.5 Å². The van der Waals surface area contributed by atoms with E-state index in [0.29, 0.717) is 29.0 Å². The Kier molecular flexibility index (Phi) is 4.53. The van der Waals surface area contributed by atoms with Crippen molar-refractivity contribution < 1.29 is 8.94 Å². The van der Waals surface area contributed by atoms with Crippen molar-refractivity contribution in [1.29, 1.82) is 0 Å². The molecule has 0 aliphatic carbocycles. The van der Waals surface area contributed by atoms with Crippen molar-refractivity contribution in [2.75, 3.05) is 0 Å². The van der Waals surface area contributed by atoms with Crippen LogP contribution >= 0.6 is 23.4 Å². The minimum atomic E-state index is 0.462. The normalized spacial score (nSPS) is 11.1. The predicted molar refractivity (Wildman–Crippen MR) is 92.1 cm³/mol. The van der Waals surface area contributed by atoms with Crippen LogP contribution in [0.5, 0.6) is 0 Å². The number of rotatable bonds is 6. The summed E-state index contributed by atoms with van der Waals surface area (Å²) in [4.78, 5) is 4.40. The molecule has 4 aromatic rings. The number of benzene rings is 1. The molecule has 0 radical (unpaired) electrons. The quantitative estimate of drug-likeness (QED) is 0.474. The fraction of sp³-hybridized carbons (Fsp3) is 0.125. The summed E-state index contributed by atoms with van der Waals surface area (Å²) >= 11 is 7.37. The maximum absolute atomic E-state index is 5.88. The maximum Gasteiger partial charge on any atom is 0.257 e. The number of nitrogens with zero attached hydrogens (tertiary/aromatic N) is 5. The van der Waals surface area contributed by atoms with E-state index in [-0.39, 0.29) is 0 Å². The standard InChI is InChI=1S/C16H12ClN5O2S/c17-12-5-3-11(4-6-12)15-19-14(21-24-15)9-25-16-20-18-10-22(16)8-13-2-1-7-23-13/h1-7,10H,8-9H2. The number of halogens is 1. The zero-order valence-electron chi connectivity index (χ0n) is 12.9. The van der Waals surface area contributed by atoms with Gasteiger partial charge in [-0.3, -0.25) is 0 Å². The largest absolute Gasteiger partial charge is 0.467 e. The predicted octanol–water partition coefficient (Wildman–Crippen LogP) is 3.92. The van der Waals surface area contributed by atoms with Gasteiger partial charge in [-0.05, 0) is 36.4 Å². The summed E-state index contributed by atoms with van der Waals surface area (Å²) in [5.41, 5.74) is 0.828. The van der Waals surface area contributed by atoms with E-state index in [0.717, 1.165) is 16.5 Å². The van der Waals surface area contributed by atoms with Crippen molar-refractivity contribution in [3.63, 3.8) is 0 Å². The average molecular weight is 374 g/mol. The van der Waals surface area contributed by atoms with E-state index in [9.17, 15) is 0 Å². The SMILES string of the molecule is Clc1ccc(-c2nc(CSc3nncn3Cc3ccco3)no2)cc1. The van der Waals surface area contributed by atoms with Crippen molar-refractivity contribution in [3.8, 4) is 11.5 Å². The van der Waals surface area contributed by atoms with Crippen molar-refractivity contribution >= 4 is 23.4 Å². The van der Waals surface area contributed by atoms with Gasteiger partial charge in [-0.25, -0.2) is 0 Å². The number of hydrogen-bond donors (Lipinski definition) is 0. The summed E-state index contributed by atoms with van der Waals surface area (Å²) in [5, 5.41) is 13.5. The number of furan rings is 1. The molecular formula is C16H12ClN5O2S. The first-order chi connectivity index (χ1) is 12.3. The van der Waals surface area contributed by atoms with Gasteiger partial charge in [0.25, 0.3) is 5.89 Å². The van der Waals surface area contributed by atoms with Crippen molar-refractivity contribution in [3.05, 3.63) is 65.6 Å². The van der Waals surface area contributed by atoms with Crippen LogP contribution in [0.15, 0.2) is 63.1 Å². The molecule has 0 N–H and O–H groups in total. The average Bonchev–Trinajstić information content (AvgIpc) is 3.36. The van der Waals surface area contributed by atoms with Gasteiger partial charge in [0.15, 0.2) is 11.0 Å². The van der Waals surface area contributed by atoms with Crippen LogP contribution in [0.1, 0.15) is 11.6 Å². The van der Waals surface area contributed by atoms with Gasteiger partial charge >= 0.3 is 0 Å². The van der Waals surface area contributed by atoms with Crippen LogP contribution in [0.2, 0.25) is 5.02 Å². The van der Waals surface area contributed by atoms with Crippen LogP contribution in [-0.4, -0.2) is 24.9 Å². The topological polar surface area (TPSA) is 82.8 Å². The zero-order valence-corrected chi connectivity index (χ0v) is 14.4.